The molecular formula is C22H22ClF3N6O. The predicted octanol–water partition coefficient (Wildman–Crippen LogP) is 4.44. The normalized spacial score (nSPS) is 18.2. The fraction of sp³-hybridized carbons (Fsp3) is 0.364. The van der Waals surface area contributed by atoms with Crippen LogP contribution in [0.2, 0.25) is 5.02 Å². The molecule has 33 heavy (non-hydrogen) atoms. The van der Waals surface area contributed by atoms with Gasteiger partial charge in [0.2, 0.25) is 5.95 Å². The first-order chi connectivity index (χ1) is 15.9. The van der Waals surface area contributed by atoms with Crippen molar-refractivity contribution >= 4 is 23.5 Å². The highest BCUT2D eigenvalue weighted by Crippen LogP contribution is 2.30. The highest BCUT2D eigenvalue weighted by Gasteiger charge is 2.29. The van der Waals surface area contributed by atoms with Crippen LogP contribution in [0.4, 0.5) is 19.1 Å². The molecule has 0 atom stereocenters. The molecule has 3 aromatic rings. The Morgan fingerprint density at radius 3 is 2.48 bits per heavy atom. The second-order valence-electron chi connectivity index (χ2n) is 8.08. The fourth-order valence-corrected chi connectivity index (χ4v) is 4.25. The van der Waals surface area contributed by atoms with Crippen LogP contribution in [-0.4, -0.2) is 38.7 Å². The van der Waals surface area contributed by atoms with Crippen LogP contribution in [0, 0.1) is 30.3 Å². The Morgan fingerprint density at radius 2 is 1.79 bits per heavy atom. The van der Waals surface area contributed by atoms with Crippen molar-refractivity contribution in [2.45, 2.75) is 38.6 Å². The number of nitrogens with one attached hydrogen (secondary N) is 2. The lowest BCUT2D eigenvalue weighted by Gasteiger charge is -2.29. The van der Waals surface area contributed by atoms with Crippen molar-refractivity contribution in [3.05, 3.63) is 63.9 Å². The summed E-state index contributed by atoms with van der Waals surface area (Å²) in [6, 6.07) is 9.30. The van der Waals surface area contributed by atoms with Crippen LogP contribution in [0.25, 0.3) is 5.69 Å². The molecule has 1 amide bonds. The van der Waals surface area contributed by atoms with E-state index in [1.807, 2.05) is 30.3 Å². The third kappa shape index (κ3) is 4.80. The number of nitrogens with zero attached hydrogens (tertiary/aromatic N) is 4. The third-order valence-corrected chi connectivity index (χ3v) is 6.27. The van der Waals surface area contributed by atoms with Gasteiger partial charge in [-0.1, -0.05) is 34.9 Å². The molecule has 0 spiro atoms. The molecule has 0 unspecified atom stereocenters. The van der Waals surface area contributed by atoms with E-state index in [1.54, 1.807) is 4.68 Å². The largest absolute Gasteiger partial charge is 0.352 e. The molecule has 1 aromatic heterocycles. The molecule has 2 N–H and O–H groups in total. The standard InChI is InChI=1S/C22H22ClF3N6O/c1-12-18(24)16(17(23)20(26)19(12)25)21(33)28-14-9-7-13(8-10-14)11-27-22-29-30-31-32(22)15-5-3-2-4-6-15/h2-6,13-14H,7-11H2,1H3,(H,28,33)(H,27,29,31). The summed E-state index contributed by atoms with van der Waals surface area (Å²) in [5.74, 6) is -3.94. The first kappa shape index (κ1) is 23.0. The lowest BCUT2D eigenvalue weighted by molar-refractivity contribution is 0.0918. The Kier molecular flexibility index (Phi) is 6.83. The molecule has 174 valence electrons. The van der Waals surface area contributed by atoms with E-state index in [0.717, 1.165) is 25.5 Å². The maximum Gasteiger partial charge on any atom is 0.256 e. The number of anilines is 1. The Bertz CT molecular complexity index is 1120. The van der Waals surface area contributed by atoms with Crippen LogP contribution in [0.15, 0.2) is 30.3 Å². The maximum atomic E-state index is 14.4. The molecule has 0 saturated heterocycles. The number of rotatable bonds is 6. The summed E-state index contributed by atoms with van der Waals surface area (Å²) in [5, 5.41) is 16.9. The molecule has 0 bridgehead atoms. The average molecular weight is 479 g/mol. The highest BCUT2D eigenvalue weighted by molar-refractivity contribution is 6.34. The van der Waals surface area contributed by atoms with Gasteiger partial charge in [0, 0.05) is 18.2 Å². The van der Waals surface area contributed by atoms with Crippen molar-refractivity contribution in [1.29, 1.82) is 0 Å². The molecule has 1 saturated carbocycles. The number of amides is 1. The SMILES string of the molecule is Cc1c(F)c(F)c(Cl)c(C(=O)NC2CCC(CNc3nnnn3-c3ccccc3)CC2)c1F. The van der Waals surface area contributed by atoms with Gasteiger partial charge in [-0.3, -0.25) is 4.79 Å². The summed E-state index contributed by atoms with van der Waals surface area (Å²) in [6.07, 6.45) is 2.92. The van der Waals surface area contributed by atoms with E-state index in [-0.39, 0.29) is 6.04 Å². The first-order valence-electron chi connectivity index (χ1n) is 10.6. The lowest BCUT2D eigenvalue weighted by Crippen LogP contribution is -2.39. The van der Waals surface area contributed by atoms with Gasteiger partial charge >= 0.3 is 0 Å². The molecule has 1 fully saturated rings. The van der Waals surface area contributed by atoms with Crippen molar-refractivity contribution in [2.24, 2.45) is 5.92 Å². The van der Waals surface area contributed by atoms with Gasteiger partial charge in [-0.2, -0.15) is 4.68 Å². The lowest BCUT2D eigenvalue weighted by atomic mass is 9.86. The summed E-state index contributed by atoms with van der Waals surface area (Å²) in [4.78, 5) is 12.5. The van der Waals surface area contributed by atoms with Crippen LogP contribution < -0.4 is 10.6 Å². The summed E-state index contributed by atoms with van der Waals surface area (Å²) >= 11 is 5.72. The Hall–Kier alpha value is -3.14. The molecule has 11 heteroatoms. The molecular weight excluding hydrogens is 457 g/mol. The van der Waals surface area contributed by atoms with Gasteiger partial charge in [0.25, 0.3) is 5.91 Å². The van der Waals surface area contributed by atoms with E-state index >= 15 is 0 Å². The van der Waals surface area contributed by atoms with Crippen molar-refractivity contribution in [1.82, 2.24) is 25.5 Å². The van der Waals surface area contributed by atoms with E-state index < -0.39 is 39.5 Å². The summed E-state index contributed by atoms with van der Waals surface area (Å²) in [7, 11) is 0. The topological polar surface area (TPSA) is 84.7 Å². The summed E-state index contributed by atoms with van der Waals surface area (Å²) in [6.45, 7) is 1.71. The van der Waals surface area contributed by atoms with Crippen LogP contribution in [0.1, 0.15) is 41.6 Å². The number of carbonyl (C=O) groups excluding carboxylic acids is 1. The van der Waals surface area contributed by atoms with Gasteiger partial charge in [-0.25, -0.2) is 13.2 Å². The van der Waals surface area contributed by atoms with Gasteiger partial charge in [-0.15, -0.1) is 0 Å². The molecule has 1 heterocycles. The number of hydrogen-bond acceptors (Lipinski definition) is 5. The molecule has 4 rings (SSSR count). The number of carbonyl (C=O) groups is 1. The Balaban J connectivity index is 1.32. The van der Waals surface area contributed by atoms with Gasteiger partial charge in [-0.05, 0) is 61.1 Å². The summed E-state index contributed by atoms with van der Waals surface area (Å²) < 4.78 is 43.5. The number of aromatic nitrogens is 4. The van der Waals surface area contributed by atoms with E-state index in [1.165, 1.54) is 0 Å². The molecule has 0 radical (unpaired) electrons. The van der Waals surface area contributed by atoms with Crippen LogP contribution in [0.3, 0.4) is 0 Å². The number of para-hydroxylation sites is 1. The van der Waals surface area contributed by atoms with Gasteiger partial charge in [0.05, 0.1) is 16.3 Å². The van der Waals surface area contributed by atoms with Gasteiger partial charge in [0.1, 0.15) is 5.82 Å². The molecule has 0 aliphatic heterocycles. The molecule has 2 aromatic carbocycles. The monoisotopic (exact) mass is 478 g/mol. The van der Waals surface area contributed by atoms with E-state index in [9.17, 15) is 18.0 Å². The number of benzene rings is 2. The highest BCUT2D eigenvalue weighted by atomic mass is 35.5. The maximum absolute atomic E-state index is 14.4. The molecule has 7 nitrogen and oxygen atoms in total. The zero-order valence-electron chi connectivity index (χ0n) is 17.8. The van der Waals surface area contributed by atoms with Crippen molar-refractivity contribution in [2.75, 3.05) is 11.9 Å². The minimum Gasteiger partial charge on any atom is -0.352 e. The minimum absolute atomic E-state index is 0.215. The zero-order valence-corrected chi connectivity index (χ0v) is 18.5. The van der Waals surface area contributed by atoms with Crippen LogP contribution in [0.5, 0.6) is 0 Å². The quantitative estimate of drug-likeness (QED) is 0.404. The molecule has 1 aliphatic rings. The number of halogens is 4. The van der Waals surface area contributed by atoms with Crippen molar-refractivity contribution in [3.8, 4) is 5.69 Å². The van der Waals surface area contributed by atoms with Gasteiger partial charge in [0.15, 0.2) is 11.6 Å². The minimum atomic E-state index is -1.42. The third-order valence-electron chi connectivity index (χ3n) is 5.91. The van der Waals surface area contributed by atoms with E-state index in [2.05, 4.69) is 26.2 Å². The van der Waals surface area contributed by atoms with Gasteiger partial charge < -0.3 is 10.6 Å². The van der Waals surface area contributed by atoms with E-state index in [4.69, 9.17) is 11.6 Å². The second-order valence-corrected chi connectivity index (χ2v) is 8.46. The summed E-state index contributed by atoms with van der Waals surface area (Å²) in [5.41, 5.74) is -0.394. The Labute approximate surface area is 193 Å². The Morgan fingerprint density at radius 1 is 1.09 bits per heavy atom. The van der Waals surface area contributed by atoms with E-state index in [0.29, 0.717) is 31.3 Å². The van der Waals surface area contributed by atoms with Crippen LogP contribution in [-0.2, 0) is 0 Å². The first-order valence-corrected chi connectivity index (χ1v) is 11.0. The van der Waals surface area contributed by atoms with Crippen molar-refractivity contribution < 1.29 is 18.0 Å². The zero-order chi connectivity index (χ0) is 23.5. The number of tetrazole rings is 1. The number of hydrogen-bond donors (Lipinski definition) is 2. The van der Waals surface area contributed by atoms with Crippen LogP contribution >= 0.6 is 11.6 Å². The van der Waals surface area contributed by atoms with Crippen molar-refractivity contribution in [3.63, 3.8) is 0 Å². The average Bonchev–Trinajstić information content (AvgIpc) is 3.30. The predicted molar refractivity (Wildman–Crippen MR) is 117 cm³/mol. The smallest absolute Gasteiger partial charge is 0.256 e. The second kappa shape index (κ2) is 9.78. The molecule has 1 aliphatic carbocycles. The fourth-order valence-electron chi connectivity index (χ4n) is 3.99.